The van der Waals surface area contributed by atoms with Crippen LogP contribution >= 0.6 is 0 Å². The van der Waals surface area contributed by atoms with Crippen molar-refractivity contribution in [3.8, 4) is 28.0 Å². The molecule has 5 rings (SSSR count). The van der Waals surface area contributed by atoms with Crippen molar-refractivity contribution in [2.45, 2.75) is 38.3 Å². The van der Waals surface area contributed by atoms with E-state index in [0.29, 0.717) is 29.9 Å². The van der Waals surface area contributed by atoms with E-state index in [2.05, 4.69) is 4.74 Å². The van der Waals surface area contributed by atoms with Gasteiger partial charge in [-0.3, -0.25) is 0 Å². The van der Waals surface area contributed by atoms with E-state index in [9.17, 15) is 30.7 Å². The summed E-state index contributed by atoms with van der Waals surface area (Å²) in [5, 5.41) is 0. The van der Waals surface area contributed by atoms with E-state index in [1.807, 2.05) is 6.92 Å². The third-order valence-corrected chi connectivity index (χ3v) is 6.98. The molecule has 0 bridgehead atoms. The summed E-state index contributed by atoms with van der Waals surface area (Å²) in [4.78, 5) is 0. The second-order valence-electron chi connectivity index (χ2n) is 10.2. The average molecular weight is 621 g/mol. The van der Waals surface area contributed by atoms with E-state index >= 15 is 0 Å². The molecule has 0 spiro atoms. The fourth-order valence-corrected chi connectivity index (χ4v) is 4.68. The Labute approximate surface area is 248 Å². The molecular formula is C33H27F7O4. The van der Waals surface area contributed by atoms with Gasteiger partial charge in [0.1, 0.15) is 34.9 Å². The van der Waals surface area contributed by atoms with E-state index < -0.39 is 52.8 Å². The highest BCUT2D eigenvalue weighted by Gasteiger charge is 2.42. The molecule has 1 saturated heterocycles. The van der Waals surface area contributed by atoms with Crippen LogP contribution in [0.4, 0.5) is 30.7 Å². The van der Waals surface area contributed by atoms with Gasteiger partial charge in [-0.2, -0.15) is 8.78 Å². The van der Waals surface area contributed by atoms with Crippen LogP contribution < -0.4 is 4.74 Å². The van der Waals surface area contributed by atoms with Gasteiger partial charge in [0.05, 0.1) is 13.2 Å². The molecule has 4 aromatic rings. The maximum Gasteiger partial charge on any atom is 0.432 e. The molecule has 0 unspecified atom stereocenters. The summed E-state index contributed by atoms with van der Waals surface area (Å²) in [6.45, 7) is 2.75. The zero-order valence-electron chi connectivity index (χ0n) is 23.4. The number of hydrogen-bond acceptors (Lipinski definition) is 4. The molecule has 0 amide bonds. The number of benzene rings is 4. The lowest BCUT2D eigenvalue weighted by molar-refractivity contribution is -0.230. The summed E-state index contributed by atoms with van der Waals surface area (Å²) in [6.07, 6.45) is -4.09. The van der Waals surface area contributed by atoms with Crippen LogP contribution in [0, 0.1) is 29.1 Å². The number of halogens is 7. The highest BCUT2D eigenvalue weighted by molar-refractivity contribution is 5.71. The van der Waals surface area contributed by atoms with Crippen LogP contribution in [-0.2, 0) is 20.3 Å². The number of ether oxygens (including phenoxy) is 4. The van der Waals surface area contributed by atoms with E-state index in [1.54, 1.807) is 0 Å². The van der Waals surface area contributed by atoms with Crippen molar-refractivity contribution in [2.75, 3.05) is 19.8 Å². The van der Waals surface area contributed by atoms with E-state index in [-0.39, 0.29) is 36.0 Å². The van der Waals surface area contributed by atoms with Crippen molar-refractivity contribution in [2.24, 2.45) is 0 Å². The number of alkyl halides is 2. The molecule has 44 heavy (non-hydrogen) atoms. The summed E-state index contributed by atoms with van der Waals surface area (Å²) in [7, 11) is 0. The van der Waals surface area contributed by atoms with Gasteiger partial charge in [0.2, 0.25) is 0 Å². The van der Waals surface area contributed by atoms with Crippen LogP contribution in [0.1, 0.15) is 37.2 Å². The summed E-state index contributed by atoms with van der Waals surface area (Å²) in [5.41, 5.74) is -0.777. The Balaban J connectivity index is 1.26. The summed E-state index contributed by atoms with van der Waals surface area (Å²) < 4.78 is 123. The molecule has 0 aliphatic carbocycles. The number of hydrogen-bond donors (Lipinski definition) is 0. The molecule has 1 aliphatic heterocycles. The second-order valence-corrected chi connectivity index (χ2v) is 10.2. The number of unbranched alkanes of at least 4 members (excludes halogenated alkanes) is 1. The van der Waals surface area contributed by atoms with Gasteiger partial charge in [0.25, 0.3) is 0 Å². The largest absolute Gasteiger partial charge is 0.432 e. The smallest absolute Gasteiger partial charge is 0.429 e. The molecule has 1 fully saturated rings. The van der Waals surface area contributed by atoms with Gasteiger partial charge in [-0.25, -0.2) is 22.0 Å². The predicted molar refractivity (Wildman–Crippen MR) is 147 cm³/mol. The zero-order chi connectivity index (χ0) is 31.4. The quantitative estimate of drug-likeness (QED) is 0.131. The Morgan fingerprint density at radius 2 is 1.32 bits per heavy atom. The van der Waals surface area contributed by atoms with Crippen LogP contribution in [0.2, 0.25) is 0 Å². The first-order chi connectivity index (χ1) is 21.1. The van der Waals surface area contributed by atoms with Crippen LogP contribution in [0.15, 0.2) is 72.8 Å². The minimum Gasteiger partial charge on any atom is -0.429 e. The Morgan fingerprint density at radius 3 is 1.93 bits per heavy atom. The highest BCUT2D eigenvalue weighted by Crippen LogP contribution is 2.38. The number of rotatable bonds is 10. The standard InChI is InChI=1S/C33H27F7O4/c1-2-3-12-41-24-17-42-32(43-18-24)22-15-29(37)31(30(38)16-22)33(39,40)44-23-8-4-19(5-9-23)20-6-10-25(27(35)13-20)21-7-11-26(34)28(36)14-21/h4-11,13-16,24,32H,2-3,12,17-18H2,1H3. The molecule has 0 saturated carbocycles. The average Bonchev–Trinajstić information content (AvgIpc) is 2.99. The lowest BCUT2D eigenvalue weighted by Crippen LogP contribution is -2.34. The molecule has 4 aromatic carbocycles. The van der Waals surface area contributed by atoms with Gasteiger partial charge in [-0.1, -0.05) is 43.7 Å². The molecule has 1 aliphatic rings. The van der Waals surface area contributed by atoms with Gasteiger partial charge in [0.15, 0.2) is 17.9 Å². The van der Waals surface area contributed by atoms with Crippen molar-refractivity contribution in [3.63, 3.8) is 0 Å². The predicted octanol–water partition coefficient (Wildman–Crippen LogP) is 9.08. The lowest BCUT2D eigenvalue weighted by Gasteiger charge is -2.30. The van der Waals surface area contributed by atoms with Gasteiger partial charge in [-0.15, -0.1) is 0 Å². The van der Waals surface area contributed by atoms with Gasteiger partial charge in [0, 0.05) is 17.7 Å². The van der Waals surface area contributed by atoms with Crippen LogP contribution in [0.25, 0.3) is 22.3 Å². The maximum absolute atomic E-state index is 15.0. The lowest BCUT2D eigenvalue weighted by atomic mass is 9.99. The van der Waals surface area contributed by atoms with Crippen LogP contribution in [0.3, 0.4) is 0 Å². The Hall–Kier alpha value is -3.93. The maximum atomic E-state index is 15.0. The molecule has 0 aromatic heterocycles. The van der Waals surface area contributed by atoms with Crippen molar-refractivity contribution in [1.29, 1.82) is 0 Å². The normalized spacial score (nSPS) is 17.1. The van der Waals surface area contributed by atoms with E-state index in [0.717, 1.165) is 43.2 Å². The summed E-state index contributed by atoms with van der Waals surface area (Å²) >= 11 is 0. The van der Waals surface area contributed by atoms with Gasteiger partial charge < -0.3 is 18.9 Å². The topological polar surface area (TPSA) is 36.9 Å². The van der Waals surface area contributed by atoms with E-state index in [4.69, 9.17) is 14.2 Å². The molecule has 4 nitrogen and oxygen atoms in total. The second kappa shape index (κ2) is 13.4. The van der Waals surface area contributed by atoms with Crippen molar-refractivity contribution < 1.29 is 49.7 Å². The minimum atomic E-state index is -4.39. The first-order valence-corrected chi connectivity index (χ1v) is 13.8. The SMILES string of the molecule is CCCCOC1COC(c2cc(F)c(C(F)(F)Oc3ccc(-c4ccc(-c5ccc(F)c(F)c5)c(F)c4)cc3)c(F)c2)OC1. The minimum absolute atomic E-state index is 0.0320. The zero-order valence-corrected chi connectivity index (χ0v) is 23.4. The highest BCUT2D eigenvalue weighted by atomic mass is 19.3. The summed E-state index contributed by atoms with van der Waals surface area (Å²) in [6, 6.07) is 13.4. The molecule has 232 valence electrons. The fourth-order valence-electron chi connectivity index (χ4n) is 4.68. The fraction of sp³-hybridized carbons (Fsp3) is 0.273. The molecule has 0 atom stereocenters. The summed E-state index contributed by atoms with van der Waals surface area (Å²) in [5.74, 6) is -6.42. The molecule has 0 N–H and O–H groups in total. The molecular weight excluding hydrogens is 593 g/mol. The Kier molecular flexibility index (Phi) is 9.57. The molecule has 0 radical (unpaired) electrons. The van der Waals surface area contributed by atoms with Gasteiger partial charge >= 0.3 is 6.11 Å². The van der Waals surface area contributed by atoms with Crippen LogP contribution in [0.5, 0.6) is 5.75 Å². The first kappa shape index (κ1) is 31.5. The van der Waals surface area contributed by atoms with Crippen molar-refractivity contribution in [3.05, 3.63) is 113 Å². The first-order valence-electron chi connectivity index (χ1n) is 13.8. The van der Waals surface area contributed by atoms with Gasteiger partial charge in [-0.05, 0) is 65.6 Å². The molecule has 1 heterocycles. The van der Waals surface area contributed by atoms with Crippen molar-refractivity contribution in [1.82, 2.24) is 0 Å². The Morgan fingerprint density at radius 1 is 0.705 bits per heavy atom. The third-order valence-electron chi connectivity index (χ3n) is 6.98. The third kappa shape index (κ3) is 7.06. The Bertz CT molecular complexity index is 1580. The van der Waals surface area contributed by atoms with Crippen molar-refractivity contribution >= 4 is 0 Å². The van der Waals surface area contributed by atoms with E-state index in [1.165, 1.54) is 30.3 Å². The molecule has 11 heteroatoms. The monoisotopic (exact) mass is 620 g/mol. The van der Waals surface area contributed by atoms with Crippen LogP contribution in [-0.4, -0.2) is 25.9 Å².